The standard InChI is InChI=1S/C20H25N5O.HI/c1-2-22-20(24-12-13-26-17-6-5-10-21-15-17)23-11-9-16-14-25-19-8-4-3-7-18(16)19;/h3-8,10,14-15,25H,2,9,11-13H2,1H3,(H2,22,23,24);1H. The second-order valence-corrected chi connectivity index (χ2v) is 5.83. The second-order valence-electron chi connectivity index (χ2n) is 5.83. The fourth-order valence-electron chi connectivity index (χ4n) is 2.74. The molecule has 0 aliphatic heterocycles. The lowest BCUT2D eigenvalue weighted by Crippen LogP contribution is -2.39. The molecular formula is C20H26IN5O. The Labute approximate surface area is 176 Å². The number of nitrogens with zero attached hydrogens (tertiary/aromatic N) is 2. The van der Waals surface area contributed by atoms with Crippen molar-refractivity contribution >= 4 is 40.8 Å². The summed E-state index contributed by atoms with van der Waals surface area (Å²) in [6, 6.07) is 12.1. The summed E-state index contributed by atoms with van der Waals surface area (Å²) >= 11 is 0. The lowest BCUT2D eigenvalue weighted by Gasteiger charge is -2.12. The largest absolute Gasteiger partial charge is 0.490 e. The van der Waals surface area contributed by atoms with Crippen LogP contribution in [0.3, 0.4) is 0 Å². The van der Waals surface area contributed by atoms with Crippen LogP contribution in [0.1, 0.15) is 12.5 Å². The van der Waals surface area contributed by atoms with Gasteiger partial charge in [0, 0.05) is 36.4 Å². The molecule has 3 rings (SSSR count). The molecule has 0 radical (unpaired) electrons. The Kier molecular flexibility index (Phi) is 8.90. The number of para-hydroxylation sites is 1. The third-order valence-electron chi connectivity index (χ3n) is 3.97. The Bertz CT molecular complexity index is 835. The molecule has 0 saturated heterocycles. The predicted octanol–water partition coefficient (Wildman–Crippen LogP) is 3.36. The number of hydrogen-bond acceptors (Lipinski definition) is 3. The van der Waals surface area contributed by atoms with Crippen LogP contribution in [0.2, 0.25) is 0 Å². The van der Waals surface area contributed by atoms with Crippen LogP contribution in [0.5, 0.6) is 5.75 Å². The average Bonchev–Trinajstić information content (AvgIpc) is 3.09. The molecule has 0 aliphatic rings. The van der Waals surface area contributed by atoms with Crippen LogP contribution in [-0.2, 0) is 6.42 Å². The van der Waals surface area contributed by atoms with Crippen LogP contribution in [-0.4, -0.2) is 42.2 Å². The highest BCUT2D eigenvalue weighted by Gasteiger charge is 2.03. The molecule has 0 saturated carbocycles. The van der Waals surface area contributed by atoms with Crippen molar-refractivity contribution < 1.29 is 4.74 Å². The van der Waals surface area contributed by atoms with Gasteiger partial charge in [-0.15, -0.1) is 24.0 Å². The van der Waals surface area contributed by atoms with Crippen LogP contribution in [0.25, 0.3) is 10.9 Å². The molecule has 0 fully saturated rings. The van der Waals surface area contributed by atoms with Crippen molar-refractivity contribution in [2.24, 2.45) is 4.99 Å². The molecule has 0 spiro atoms. The topological polar surface area (TPSA) is 74.3 Å². The SMILES string of the molecule is CCNC(=NCCc1c[nH]c2ccccc12)NCCOc1cccnc1.I. The number of benzene rings is 1. The summed E-state index contributed by atoms with van der Waals surface area (Å²) in [4.78, 5) is 12.0. The Hall–Kier alpha value is -2.29. The minimum Gasteiger partial charge on any atom is -0.490 e. The van der Waals surface area contributed by atoms with Crippen molar-refractivity contribution in [2.45, 2.75) is 13.3 Å². The van der Waals surface area contributed by atoms with Gasteiger partial charge in [0.25, 0.3) is 0 Å². The molecule has 144 valence electrons. The summed E-state index contributed by atoms with van der Waals surface area (Å²) in [6.45, 7) is 4.83. The van der Waals surface area contributed by atoms with Crippen LogP contribution >= 0.6 is 24.0 Å². The number of nitrogens with one attached hydrogen (secondary N) is 3. The molecule has 2 aromatic heterocycles. The van der Waals surface area contributed by atoms with Gasteiger partial charge in [0.05, 0.1) is 12.7 Å². The Balaban J connectivity index is 0.00000261. The summed E-state index contributed by atoms with van der Waals surface area (Å²) in [5, 5.41) is 7.82. The van der Waals surface area contributed by atoms with E-state index in [4.69, 9.17) is 4.74 Å². The molecule has 2 heterocycles. The van der Waals surface area contributed by atoms with E-state index in [1.807, 2.05) is 18.2 Å². The van der Waals surface area contributed by atoms with E-state index in [-0.39, 0.29) is 24.0 Å². The number of halogens is 1. The zero-order valence-electron chi connectivity index (χ0n) is 15.4. The fraction of sp³-hybridized carbons (Fsp3) is 0.300. The first-order chi connectivity index (χ1) is 12.9. The number of H-pyrrole nitrogens is 1. The number of aromatic amines is 1. The highest BCUT2D eigenvalue weighted by atomic mass is 127. The van der Waals surface area contributed by atoms with Gasteiger partial charge in [-0.2, -0.15) is 0 Å². The average molecular weight is 479 g/mol. The number of fused-ring (bicyclic) bond motifs is 1. The predicted molar refractivity (Wildman–Crippen MR) is 121 cm³/mol. The molecule has 3 aromatic rings. The number of aromatic nitrogens is 2. The molecule has 1 aromatic carbocycles. The number of pyridine rings is 1. The highest BCUT2D eigenvalue weighted by molar-refractivity contribution is 14.0. The molecule has 0 atom stereocenters. The molecule has 7 heteroatoms. The maximum atomic E-state index is 5.63. The number of ether oxygens (including phenoxy) is 1. The number of rotatable bonds is 8. The van der Waals surface area contributed by atoms with Crippen molar-refractivity contribution in [1.82, 2.24) is 20.6 Å². The molecule has 0 unspecified atom stereocenters. The van der Waals surface area contributed by atoms with Gasteiger partial charge in [0.15, 0.2) is 5.96 Å². The maximum Gasteiger partial charge on any atom is 0.191 e. The molecule has 27 heavy (non-hydrogen) atoms. The molecule has 0 aliphatic carbocycles. The molecule has 0 bridgehead atoms. The first-order valence-corrected chi connectivity index (χ1v) is 8.97. The van der Waals surface area contributed by atoms with Crippen molar-refractivity contribution in [1.29, 1.82) is 0 Å². The summed E-state index contributed by atoms with van der Waals surface area (Å²) < 4.78 is 5.63. The first-order valence-electron chi connectivity index (χ1n) is 8.97. The zero-order valence-corrected chi connectivity index (χ0v) is 17.8. The lowest BCUT2D eigenvalue weighted by molar-refractivity contribution is 0.320. The van der Waals surface area contributed by atoms with E-state index in [9.17, 15) is 0 Å². The quantitative estimate of drug-likeness (QED) is 0.201. The summed E-state index contributed by atoms with van der Waals surface area (Å²) in [6.07, 6.45) is 6.41. The van der Waals surface area contributed by atoms with Gasteiger partial charge in [-0.3, -0.25) is 9.98 Å². The van der Waals surface area contributed by atoms with Crippen LogP contribution < -0.4 is 15.4 Å². The normalized spacial score (nSPS) is 11.1. The van der Waals surface area contributed by atoms with Crippen molar-refractivity contribution in [2.75, 3.05) is 26.2 Å². The highest BCUT2D eigenvalue weighted by Crippen LogP contribution is 2.17. The van der Waals surface area contributed by atoms with E-state index >= 15 is 0 Å². The minimum absolute atomic E-state index is 0. The second kappa shape index (κ2) is 11.4. The Morgan fingerprint density at radius 1 is 1.19 bits per heavy atom. The van der Waals surface area contributed by atoms with Crippen molar-refractivity contribution in [3.05, 3.63) is 60.6 Å². The third kappa shape index (κ3) is 6.42. The van der Waals surface area contributed by atoms with Crippen LogP contribution in [0.4, 0.5) is 0 Å². The molecule has 6 nitrogen and oxygen atoms in total. The number of hydrogen-bond donors (Lipinski definition) is 3. The summed E-state index contributed by atoms with van der Waals surface area (Å²) in [5.41, 5.74) is 2.46. The van der Waals surface area contributed by atoms with Gasteiger partial charge < -0.3 is 20.4 Å². The molecule has 3 N–H and O–H groups in total. The fourth-order valence-corrected chi connectivity index (χ4v) is 2.74. The van der Waals surface area contributed by atoms with E-state index in [1.165, 1.54) is 16.5 Å². The first kappa shape index (κ1) is 21.0. The van der Waals surface area contributed by atoms with E-state index in [2.05, 4.69) is 56.9 Å². The monoisotopic (exact) mass is 479 g/mol. The minimum atomic E-state index is 0. The van der Waals surface area contributed by atoms with E-state index in [1.54, 1.807) is 12.4 Å². The van der Waals surface area contributed by atoms with Gasteiger partial charge in [-0.1, -0.05) is 18.2 Å². The summed E-state index contributed by atoms with van der Waals surface area (Å²) in [5.74, 6) is 1.58. The molecule has 0 amide bonds. The molecular weight excluding hydrogens is 453 g/mol. The number of aliphatic imine (C=N–C) groups is 1. The third-order valence-corrected chi connectivity index (χ3v) is 3.97. The van der Waals surface area contributed by atoms with Gasteiger partial charge in [0.1, 0.15) is 12.4 Å². The van der Waals surface area contributed by atoms with Crippen LogP contribution in [0.15, 0.2) is 60.0 Å². The zero-order chi connectivity index (χ0) is 18.0. The van der Waals surface area contributed by atoms with Crippen LogP contribution in [0, 0.1) is 0 Å². The van der Waals surface area contributed by atoms with E-state index in [0.29, 0.717) is 13.2 Å². The lowest BCUT2D eigenvalue weighted by atomic mass is 10.1. The van der Waals surface area contributed by atoms with Gasteiger partial charge in [0.2, 0.25) is 0 Å². The van der Waals surface area contributed by atoms with Gasteiger partial charge in [-0.05, 0) is 37.1 Å². The van der Waals surface area contributed by atoms with Gasteiger partial charge in [-0.25, -0.2) is 0 Å². The Morgan fingerprint density at radius 3 is 2.89 bits per heavy atom. The van der Waals surface area contributed by atoms with Gasteiger partial charge >= 0.3 is 0 Å². The number of guanidine groups is 1. The summed E-state index contributed by atoms with van der Waals surface area (Å²) in [7, 11) is 0. The smallest absolute Gasteiger partial charge is 0.191 e. The Morgan fingerprint density at radius 2 is 2.07 bits per heavy atom. The van der Waals surface area contributed by atoms with E-state index < -0.39 is 0 Å². The van der Waals surface area contributed by atoms with Crippen molar-refractivity contribution in [3.8, 4) is 5.75 Å². The van der Waals surface area contributed by atoms with E-state index in [0.717, 1.165) is 31.2 Å². The maximum absolute atomic E-state index is 5.63. The van der Waals surface area contributed by atoms with Crippen molar-refractivity contribution in [3.63, 3.8) is 0 Å².